The quantitative estimate of drug-likeness (QED) is 0.795. The summed E-state index contributed by atoms with van der Waals surface area (Å²) in [4.78, 5) is 19.4. The lowest BCUT2D eigenvalue weighted by molar-refractivity contribution is -0.142. The molecule has 1 aromatic rings. The zero-order valence-corrected chi connectivity index (χ0v) is 12.4. The topological polar surface area (TPSA) is 61.3 Å². The second-order valence-corrected chi connectivity index (χ2v) is 5.64. The van der Waals surface area contributed by atoms with Crippen LogP contribution in [-0.2, 0) is 9.53 Å². The summed E-state index contributed by atoms with van der Waals surface area (Å²) in [5, 5.41) is 0. The Labute approximate surface area is 120 Å². The summed E-state index contributed by atoms with van der Waals surface area (Å²) >= 11 is 3.28. The summed E-state index contributed by atoms with van der Waals surface area (Å²) in [5.74, 6) is 0.291. The fourth-order valence-electron chi connectivity index (χ4n) is 2.28. The van der Waals surface area contributed by atoms with Gasteiger partial charge in [-0.2, -0.15) is 0 Å². The van der Waals surface area contributed by atoms with E-state index < -0.39 is 0 Å². The predicted octanol–water partition coefficient (Wildman–Crippen LogP) is 2.74. The number of hydrogen-bond donors (Lipinski definition) is 0. The average molecular weight is 329 g/mol. The van der Waals surface area contributed by atoms with Crippen molar-refractivity contribution in [3.8, 4) is 6.01 Å². The fraction of sp³-hybridized carbons (Fsp3) is 0.615. The van der Waals surface area contributed by atoms with Crippen LogP contribution in [0.15, 0.2) is 16.9 Å². The smallest absolute Gasteiger partial charge is 0.316 e. The van der Waals surface area contributed by atoms with Crippen LogP contribution in [0.5, 0.6) is 6.01 Å². The number of carbonyl (C=O) groups excluding carboxylic acids is 1. The number of esters is 1. The molecule has 1 saturated carbocycles. The maximum Gasteiger partial charge on any atom is 0.316 e. The molecule has 0 amide bonds. The lowest BCUT2D eigenvalue weighted by atomic mass is 9.85. The van der Waals surface area contributed by atoms with Gasteiger partial charge in [-0.3, -0.25) is 4.79 Å². The molecule has 0 atom stereocenters. The van der Waals surface area contributed by atoms with E-state index in [1.807, 2.05) is 0 Å². The van der Waals surface area contributed by atoms with Gasteiger partial charge in [-0.05, 0) is 47.5 Å². The molecule has 1 heterocycles. The fourth-order valence-corrected chi connectivity index (χ4v) is 2.49. The van der Waals surface area contributed by atoms with Gasteiger partial charge in [0.2, 0.25) is 0 Å². The Balaban J connectivity index is 1.77. The molecule has 0 N–H and O–H groups in total. The molecule has 0 spiro atoms. The van der Waals surface area contributed by atoms with Crippen LogP contribution in [0.25, 0.3) is 0 Å². The van der Waals surface area contributed by atoms with E-state index in [1.165, 1.54) is 7.11 Å². The second-order valence-electron chi connectivity index (χ2n) is 4.72. The van der Waals surface area contributed by atoms with E-state index in [9.17, 15) is 4.79 Å². The van der Waals surface area contributed by atoms with E-state index in [0.717, 1.165) is 30.2 Å². The van der Waals surface area contributed by atoms with Crippen LogP contribution in [0.3, 0.4) is 0 Å². The van der Waals surface area contributed by atoms with Crippen molar-refractivity contribution in [2.75, 3.05) is 7.11 Å². The molecule has 1 fully saturated rings. The molecule has 0 unspecified atom stereocenters. The second kappa shape index (κ2) is 6.84. The van der Waals surface area contributed by atoms with Crippen molar-refractivity contribution in [2.24, 2.45) is 5.92 Å². The minimum Gasteiger partial charge on any atom is -0.469 e. The maximum atomic E-state index is 11.2. The summed E-state index contributed by atoms with van der Waals surface area (Å²) in [6.07, 6.45) is 7.83. The van der Waals surface area contributed by atoms with E-state index in [1.54, 1.807) is 12.4 Å². The average Bonchev–Trinajstić information content (AvgIpc) is 2.43. The molecule has 1 aliphatic rings. The highest BCUT2D eigenvalue weighted by molar-refractivity contribution is 9.10. The summed E-state index contributed by atoms with van der Waals surface area (Å²) < 4.78 is 11.3. The standard InChI is InChI=1S/C13H17BrN2O3/c1-18-12(17)6-9-2-4-11(5-3-9)19-13-15-7-10(14)8-16-13/h7-9,11H,2-6H2,1H3/t9-,11-. The molecule has 1 aliphatic carbocycles. The van der Waals surface area contributed by atoms with Crippen LogP contribution in [0.1, 0.15) is 32.1 Å². The molecule has 5 nitrogen and oxygen atoms in total. The Morgan fingerprint density at radius 2 is 1.95 bits per heavy atom. The van der Waals surface area contributed by atoms with Crippen LogP contribution in [0.2, 0.25) is 0 Å². The Kier molecular flexibility index (Phi) is 5.13. The van der Waals surface area contributed by atoms with Crippen LogP contribution < -0.4 is 4.74 Å². The monoisotopic (exact) mass is 328 g/mol. The van der Waals surface area contributed by atoms with Crippen molar-refractivity contribution < 1.29 is 14.3 Å². The SMILES string of the molecule is COC(=O)C[C@H]1CC[C@H](Oc2ncc(Br)cn2)CC1. The number of ether oxygens (including phenoxy) is 2. The van der Waals surface area contributed by atoms with E-state index in [-0.39, 0.29) is 12.1 Å². The molecule has 0 saturated heterocycles. The van der Waals surface area contributed by atoms with Crippen molar-refractivity contribution in [3.63, 3.8) is 0 Å². The maximum absolute atomic E-state index is 11.2. The highest BCUT2D eigenvalue weighted by atomic mass is 79.9. The summed E-state index contributed by atoms with van der Waals surface area (Å²) in [6.45, 7) is 0. The minimum atomic E-state index is -0.124. The van der Waals surface area contributed by atoms with Gasteiger partial charge >= 0.3 is 12.0 Å². The Bertz CT molecular complexity index is 416. The van der Waals surface area contributed by atoms with Gasteiger partial charge < -0.3 is 9.47 Å². The first-order valence-corrected chi connectivity index (χ1v) is 7.17. The van der Waals surface area contributed by atoms with E-state index in [4.69, 9.17) is 9.47 Å². The van der Waals surface area contributed by atoms with Crippen LogP contribution in [-0.4, -0.2) is 29.2 Å². The highest BCUT2D eigenvalue weighted by Crippen LogP contribution is 2.29. The lowest BCUT2D eigenvalue weighted by Crippen LogP contribution is -2.26. The number of hydrogen-bond acceptors (Lipinski definition) is 5. The molecule has 19 heavy (non-hydrogen) atoms. The number of carbonyl (C=O) groups is 1. The van der Waals surface area contributed by atoms with Gasteiger partial charge in [0.25, 0.3) is 0 Å². The molecular weight excluding hydrogens is 312 g/mol. The number of halogens is 1. The third-order valence-corrected chi connectivity index (χ3v) is 3.76. The number of methoxy groups -OCH3 is 1. The minimum absolute atomic E-state index is 0.124. The van der Waals surface area contributed by atoms with E-state index in [0.29, 0.717) is 18.3 Å². The largest absolute Gasteiger partial charge is 0.469 e. The zero-order valence-electron chi connectivity index (χ0n) is 10.8. The van der Waals surface area contributed by atoms with Crippen LogP contribution >= 0.6 is 15.9 Å². The van der Waals surface area contributed by atoms with Gasteiger partial charge in [0.15, 0.2) is 0 Å². The van der Waals surface area contributed by atoms with Crippen LogP contribution in [0.4, 0.5) is 0 Å². The predicted molar refractivity (Wildman–Crippen MR) is 72.7 cm³/mol. The first-order valence-electron chi connectivity index (χ1n) is 6.38. The van der Waals surface area contributed by atoms with Gasteiger partial charge in [-0.1, -0.05) is 0 Å². The highest BCUT2D eigenvalue weighted by Gasteiger charge is 2.24. The molecule has 0 aliphatic heterocycles. The third-order valence-electron chi connectivity index (χ3n) is 3.35. The number of nitrogens with zero attached hydrogens (tertiary/aromatic N) is 2. The van der Waals surface area contributed by atoms with Crippen molar-refractivity contribution in [1.29, 1.82) is 0 Å². The molecule has 2 rings (SSSR count). The summed E-state index contributed by atoms with van der Waals surface area (Å²) in [6, 6.07) is 0.416. The Morgan fingerprint density at radius 3 is 2.53 bits per heavy atom. The third kappa shape index (κ3) is 4.45. The van der Waals surface area contributed by atoms with Crippen LogP contribution in [0, 0.1) is 5.92 Å². The van der Waals surface area contributed by atoms with Gasteiger partial charge in [-0.25, -0.2) is 9.97 Å². The van der Waals surface area contributed by atoms with E-state index >= 15 is 0 Å². The summed E-state index contributed by atoms with van der Waals surface area (Å²) in [7, 11) is 1.43. The van der Waals surface area contributed by atoms with Gasteiger partial charge in [0, 0.05) is 18.8 Å². The van der Waals surface area contributed by atoms with E-state index in [2.05, 4.69) is 25.9 Å². The lowest BCUT2D eigenvalue weighted by Gasteiger charge is -2.27. The number of rotatable bonds is 4. The molecule has 0 bridgehead atoms. The molecular formula is C13H17BrN2O3. The van der Waals surface area contributed by atoms with Gasteiger partial charge in [0.1, 0.15) is 6.10 Å². The summed E-state index contributed by atoms with van der Waals surface area (Å²) in [5.41, 5.74) is 0. The van der Waals surface area contributed by atoms with Gasteiger partial charge in [-0.15, -0.1) is 0 Å². The molecule has 1 aromatic heterocycles. The molecule has 0 radical (unpaired) electrons. The number of aromatic nitrogens is 2. The molecule has 6 heteroatoms. The normalized spacial score (nSPS) is 22.8. The Hall–Kier alpha value is -1.17. The van der Waals surface area contributed by atoms with Crippen molar-refractivity contribution in [2.45, 2.75) is 38.2 Å². The first-order chi connectivity index (χ1) is 9.17. The van der Waals surface area contributed by atoms with Crippen molar-refractivity contribution in [3.05, 3.63) is 16.9 Å². The zero-order chi connectivity index (χ0) is 13.7. The van der Waals surface area contributed by atoms with Crippen molar-refractivity contribution in [1.82, 2.24) is 9.97 Å². The Morgan fingerprint density at radius 1 is 1.32 bits per heavy atom. The van der Waals surface area contributed by atoms with Crippen molar-refractivity contribution >= 4 is 21.9 Å². The first kappa shape index (κ1) is 14.2. The van der Waals surface area contributed by atoms with Gasteiger partial charge in [0.05, 0.1) is 11.6 Å². The molecule has 104 valence electrons. The molecule has 0 aromatic carbocycles.